The van der Waals surface area contributed by atoms with E-state index in [1.165, 1.54) is 0 Å². The molecule has 3 saturated heterocycles. The Bertz CT molecular complexity index is 788. The van der Waals surface area contributed by atoms with E-state index in [0.717, 1.165) is 50.0 Å². The summed E-state index contributed by atoms with van der Waals surface area (Å²) in [4.78, 5) is 13.4. The van der Waals surface area contributed by atoms with Crippen molar-refractivity contribution in [2.75, 3.05) is 39.8 Å². The highest BCUT2D eigenvalue weighted by Crippen LogP contribution is 2.38. The summed E-state index contributed by atoms with van der Waals surface area (Å²) in [5.41, 5.74) is -0.724. The minimum Gasteiger partial charge on any atom is -1.00 e. The summed E-state index contributed by atoms with van der Waals surface area (Å²) in [5, 5.41) is 14.9. The molecule has 7 heteroatoms. The number of benzene rings is 2. The molecule has 3 aliphatic heterocycles. The lowest BCUT2D eigenvalue weighted by Gasteiger charge is -2.52. The van der Waals surface area contributed by atoms with E-state index in [4.69, 9.17) is 4.74 Å². The first kappa shape index (κ1) is 26.0. The van der Waals surface area contributed by atoms with Crippen molar-refractivity contribution < 1.29 is 36.1 Å². The van der Waals surface area contributed by atoms with Crippen molar-refractivity contribution in [2.24, 2.45) is 5.92 Å². The summed E-state index contributed by atoms with van der Waals surface area (Å²) >= 11 is 0. The Balaban J connectivity index is 0.00000171. The molecule has 0 aliphatic carbocycles. The van der Waals surface area contributed by atoms with Gasteiger partial charge in [0, 0.05) is 25.3 Å². The molecule has 0 saturated carbocycles. The van der Waals surface area contributed by atoms with Crippen LogP contribution in [-0.2, 0) is 15.1 Å². The molecule has 0 aromatic heterocycles. The molecule has 0 amide bonds. The van der Waals surface area contributed by atoms with E-state index in [1.807, 2.05) is 43.4 Å². The first-order valence-electron chi connectivity index (χ1n) is 10.6. The number of ether oxygens (including phenoxy) is 1. The Labute approximate surface area is 205 Å². The Morgan fingerprint density at radius 2 is 1.58 bits per heavy atom. The quantitative estimate of drug-likeness (QED) is 0.369. The maximum atomic E-state index is 13.4. The van der Waals surface area contributed by atoms with E-state index in [1.54, 1.807) is 24.3 Å². The summed E-state index contributed by atoms with van der Waals surface area (Å²) in [7, 11) is 1.98. The Hall–Kier alpha value is -1.25. The van der Waals surface area contributed by atoms with Crippen LogP contribution in [0.2, 0.25) is 0 Å². The molecule has 3 heterocycles. The molecule has 0 spiro atoms. The Kier molecular flexibility index (Phi) is 9.27. The van der Waals surface area contributed by atoms with Gasteiger partial charge in [0.05, 0.1) is 19.6 Å². The second-order valence-corrected chi connectivity index (χ2v) is 8.52. The van der Waals surface area contributed by atoms with Crippen LogP contribution >= 0.6 is 17.0 Å². The molecule has 170 valence electrons. The smallest absolute Gasteiger partial charge is 0.348 e. The molecule has 0 radical (unpaired) electrons. The van der Waals surface area contributed by atoms with Crippen LogP contribution in [0.4, 0.5) is 0 Å². The van der Waals surface area contributed by atoms with Gasteiger partial charge >= 0.3 is 5.97 Å². The van der Waals surface area contributed by atoms with Crippen molar-refractivity contribution in [1.29, 1.82) is 0 Å². The van der Waals surface area contributed by atoms with Crippen molar-refractivity contribution in [3.8, 4) is 0 Å². The van der Waals surface area contributed by atoms with E-state index in [-0.39, 0.29) is 40.1 Å². The third-order valence-electron chi connectivity index (χ3n) is 6.81. The van der Waals surface area contributed by atoms with Crippen LogP contribution in [0.25, 0.3) is 0 Å². The van der Waals surface area contributed by atoms with Crippen LogP contribution in [0.3, 0.4) is 0 Å². The van der Waals surface area contributed by atoms with E-state index in [9.17, 15) is 9.90 Å². The predicted molar refractivity (Wildman–Crippen MR) is 122 cm³/mol. The average Bonchev–Trinajstić information content (AvgIpc) is 2.79. The average molecular weight is 556 g/mol. The molecule has 2 bridgehead atoms. The number of fused-ring (bicyclic) bond motifs is 3. The van der Waals surface area contributed by atoms with Crippen molar-refractivity contribution in [3.05, 3.63) is 71.8 Å². The number of esters is 1. The van der Waals surface area contributed by atoms with Crippen LogP contribution in [0, 0.1) is 5.92 Å². The highest BCUT2D eigenvalue weighted by atomic mass is 79.9. The van der Waals surface area contributed by atoms with Crippen LogP contribution < -0.4 is 22.3 Å². The first-order chi connectivity index (χ1) is 14.1. The molecule has 31 heavy (non-hydrogen) atoms. The molecule has 2 aromatic carbocycles. The minimum absolute atomic E-state index is 0. The number of hydrogen-bond acceptors (Lipinski definition) is 4. The highest BCUT2D eigenvalue weighted by molar-refractivity contribution is 8.93. The highest BCUT2D eigenvalue weighted by Gasteiger charge is 2.50. The van der Waals surface area contributed by atoms with Gasteiger partial charge in [-0.1, -0.05) is 60.7 Å². The lowest BCUT2D eigenvalue weighted by Crippen LogP contribution is -3.00. The molecular formula is C24H32Br2N2O3. The summed E-state index contributed by atoms with van der Waals surface area (Å²) < 4.78 is 7.08. The van der Waals surface area contributed by atoms with Crippen LogP contribution in [-0.4, -0.2) is 61.4 Å². The standard InChI is InChI=1S/C24H31N2O3.2BrH/c1-25-14-17-26-15-12-19(13-16-26)22(18-26)29-23(27)24(28,20-8-4-2-5-9-20)21-10-6-3-7-11-21;;/h2-11,19,22,25,28H,12-18H2,1H3;2*1H/q+1;;/p-1/t19?,22-,26?;;/m0../s1. The van der Waals surface area contributed by atoms with Gasteiger partial charge in [0.2, 0.25) is 5.60 Å². The number of quaternary nitrogens is 1. The number of halogens is 2. The third kappa shape index (κ3) is 5.22. The monoisotopic (exact) mass is 554 g/mol. The second kappa shape index (κ2) is 11.1. The molecule has 5 nitrogen and oxygen atoms in total. The Morgan fingerprint density at radius 3 is 2.06 bits per heavy atom. The summed E-state index contributed by atoms with van der Waals surface area (Å²) in [6, 6.07) is 18.2. The molecule has 0 unspecified atom stereocenters. The minimum atomic E-state index is -1.80. The van der Waals surface area contributed by atoms with Gasteiger partial charge in [-0.3, -0.25) is 0 Å². The lowest BCUT2D eigenvalue weighted by atomic mass is 9.82. The maximum Gasteiger partial charge on any atom is 0.348 e. The normalized spacial score (nSPS) is 24.6. The number of carbonyl (C=O) groups is 1. The molecule has 2 N–H and O–H groups in total. The van der Waals surface area contributed by atoms with Crippen LogP contribution in [0.5, 0.6) is 0 Å². The molecule has 1 atom stereocenters. The summed E-state index contributed by atoms with van der Waals surface area (Å²) in [5.74, 6) is -0.176. The lowest BCUT2D eigenvalue weighted by molar-refractivity contribution is -0.945. The zero-order chi connectivity index (χ0) is 20.3. The van der Waals surface area contributed by atoms with Gasteiger partial charge in [0.25, 0.3) is 0 Å². The maximum absolute atomic E-state index is 13.4. The number of likely N-dealkylation sites (N-methyl/N-ethyl adjacent to an activating group) is 1. The summed E-state index contributed by atoms with van der Waals surface area (Å²) in [6.07, 6.45) is 2.02. The Morgan fingerprint density at radius 1 is 1.06 bits per heavy atom. The SMILES string of the molecule is Br.CNCC[N+]12CCC(CC1)[C@@H](OC(=O)C(O)(c1ccccc1)c1ccccc1)C2.[Br-]. The van der Waals surface area contributed by atoms with E-state index < -0.39 is 11.6 Å². The van der Waals surface area contributed by atoms with Crippen molar-refractivity contribution in [2.45, 2.75) is 24.5 Å². The number of carbonyl (C=O) groups excluding carboxylic acids is 1. The van der Waals surface area contributed by atoms with Gasteiger partial charge in [0.1, 0.15) is 6.54 Å². The van der Waals surface area contributed by atoms with Gasteiger partial charge < -0.3 is 36.6 Å². The fraction of sp³-hybridized carbons (Fsp3) is 0.458. The number of hydrogen-bond donors (Lipinski definition) is 2. The van der Waals surface area contributed by atoms with Gasteiger partial charge in [-0.2, -0.15) is 0 Å². The van der Waals surface area contributed by atoms with Crippen LogP contribution in [0.1, 0.15) is 24.0 Å². The fourth-order valence-corrected chi connectivity index (χ4v) is 5.00. The fourth-order valence-electron chi connectivity index (χ4n) is 5.00. The molecule has 3 fully saturated rings. The van der Waals surface area contributed by atoms with Crippen molar-refractivity contribution >= 4 is 23.0 Å². The predicted octanol–water partition coefficient (Wildman–Crippen LogP) is -0.124. The first-order valence-corrected chi connectivity index (χ1v) is 10.6. The number of piperidine rings is 3. The topological polar surface area (TPSA) is 58.6 Å². The van der Waals surface area contributed by atoms with Gasteiger partial charge in [-0.25, -0.2) is 4.79 Å². The largest absolute Gasteiger partial charge is 1.00 e. The van der Waals surface area contributed by atoms with Crippen LogP contribution in [0.15, 0.2) is 60.7 Å². The summed E-state index contributed by atoms with van der Waals surface area (Å²) in [6.45, 7) is 5.17. The number of aliphatic hydroxyl groups is 1. The molecule has 5 rings (SSSR count). The zero-order valence-corrected chi connectivity index (χ0v) is 21.2. The third-order valence-corrected chi connectivity index (χ3v) is 6.81. The molecule has 2 aromatic rings. The van der Waals surface area contributed by atoms with Gasteiger partial charge in [-0.15, -0.1) is 17.0 Å². The van der Waals surface area contributed by atoms with Gasteiger partial charge in [0.15, 0.2) is 6.10 Å². The number of nitrogens with one attached hydrogen (secondary N) is 1. The van der Waals surface area contributed by atoms with Crippen molar-refractivity contribution in [3.63, 3.8) is 0 Å². The van der Waals surface area contributed by atoms with E-state index >= 15 is 0 Å². The van der Waals surface area contributed by atoms with E-state index in [2.05, 4.69) is 5.32 Å². The molecule has 3 aliphatic rings. The second-order valence-electron chi connectivity index (χ2n) is 8.52. The molecular weight excluding hydrogens is 524 g/mol. The van der Waals surface area contributed by atoms with Gasteiger partial charge in [-0.05, 0) is 18.2 Å². The number of nitrogens with zero attached hydrogens (tertiary/aromatic N) is 1. The van der Waals surface area contributed by atoms with E-state index in [0.29, 0.717) is 17.0 Å². The van der Waals surface area contributed by atoms with Crippen molar-refractivity contribution in [1.82, 2.24) is 5.32 Å². The number of rotatable bonds is 7. The zero-order valence-electron chi connectivity index (χ0n) is 17.9.